The predicted molar refractivity (Wildman–Crippen MR) is 74.2 cm³/mol. The van der Waals surface area contributed by atoms with Gasteiger partial charge in [0.15, 0.2) is 0 Å². The summed E-state index contributed by atoms with van der Waals surface area (Å²) in [6, 6.07) is 3.21. The van der Waals surface area contributed by atoms with Gasteiger partial charge in [0.2, 0.25) is 5.91 Å². The Balaban J connectivity index is 2.78. The number of hydrogen-bond acceptors (Lipinski definition) is 4. The maximum atomic E-state index is 11.8. The molecule has 0 heterocycles. The molecule has 1 amide bonds. The smallest absolute Gasteiger partial charge is 0.271 e. The van der Waals surface area contributed by atoms with E-state index in [1.807, 2.05) is 6.92 Å². The van der Waals surface area contributed by atoms with E-state index in [4.69, 9.17) is 17.3 Å². The number of nitrogens with two attached hydrogens (primary N) is 1. The molecule has 1 aromatic carbocycles. The van der Waals surface area contributed by atoms with Crippen LogP contribution in [0, 0.1) is 10.1 Å². The zero-order valence-corrected chi connectivity index (χ0v) is 11.3. The second-order valence-electron chi connectivity index (χ2n) is 4.16. The number of amides is 1. The number of non-ortho nitro benzene ring substituents is 1. The molecule has 0 aliphatic carbocycles. The molecule has 19 heavy (non-hydrogen) atoms. The molecule has 104 valence electrons. The first-order valence-corrected chi connectivity index (χ1v) is 6.34. The van der Waals surface area contributed by atoms with Crippen LogP contribution in [0.15, 0.2) is 18.2 Å². The Labute approximate surface area is 116 Å². The van der Waals surface area contributed by atoms with Gasteiger partial charge in [0.25, 0.3) is 5.69 Å². The molecule has 0 aliphatic rings. The fourth-order valence-corrected chi connectivity index (χ4v) is 1.67. The Bertz CT molecular complexity index is 479. The number of unbranched alkanes of at least 4 members (excludes halogenated alkanes) is 1. The molecule has 0 fully saturated rings. The van der Waals surface area contributed by atoms with E-state index in [0.29, 0.717) is 6.42 Å². The summed E-state index contributed by atoms with van der Waals surface area (Å²) < 4.78 is 0. The topological polar surface area (TPSA) is 98.3 Å². The minimum atomic E-state index is -0.643. The lowest BCUT2D eigenvalue weighted by Gasteiger charge is -2.12. The maximum absolute atomic E-state index is 11.8. The van der Waals surface area contributed by atoms with Gasteiger partial charge in [-0.1, -0.05) is 31.4 Å². The Kier molecular flexibility index (Phi) is 5.72. The average Bonchev–Trinajstić information content (AvgIpc) is 2.38. The van der Waals surface area contributed by atoms with E-state index in [2.05, 4.69) is 5.32 Å². The van der Waals surface area contributed by atoms with Crippen LogP contribution in [0.2, 0.25) is 5.02 Å². The third kappa shape index (κ3) is 4.50. The number of nitro benzene ring substituents is 1. The van der Waals surface area contributed by atoms with E-state index in [1.165, 1.54) is 18.2 Å². The minimum Gasteiger partial charge on any atom is -0.323 e. The molecule has 0 saturated carbocycles. The molecule has 1 aromatic rings. The molecule has 6 nitrogen and oxygen atoms in total. The van der Waals surface area contributed by atoms with Crippen LogP contribution in [0.3, 0.4) is 0 Å². The molecule has 3 N–H and O–H groups in total. The van der Waals surface area contributed by atoms with E-state index in [9.17, 15) is 14.9 Å². The molecular weight excluding hydrogens is 270 g/mol. The molecule has 0 bridgehead atoms. The fraction of sp³-hybridized carbons (Fsp3) is 0.417. The summed E-state index contributed by atoms with van der Waals surface area (Å²) in [6.07, 6.45) is 2.35. The minimum absolute atomic E-state index is 0.137. The van der Waals surface area contributed by atoms with Crippen LogP contribution >= 0.6 is 11.6 Å². The van der Waals surface area contributed by atoms with Gasteiger partial charge in [0, 0.05) is 12.1 Å². The zero-order chi connectivity index (χ0) is 14.4. The number of nitrogens with zero attached hydrogens (tertiary/aromatic N) is 1. The summed E-state index contributed by atoms with van der Waals surface area (Å²) in [4.78, 5) is 21.9. The fourth-order valence-electron chi connectivity index (χ4n) is 1.50. The van der Waals surface area contributed by atoms with E-state index in [1.54, 1.807) is 0 Å². The maximum Gasteiger partial charge on any atom is 0.271 e. The van der Waals surface area contributed by atoms with Crippen molar-refractivity contribution in [2.45, 2.75) is 32.2 Å². The third-order valence-corrected chi connectivity index (χ3v) is 2.95. The third-order valence-electron chi connectivity index (χ3n) is 2.62. The molecule has 1 atom stereocenters. The number of carbonyl (C=O) groups excluding carboxylic acids is 1. The van der Waals surface area contributed by atoms with Gasteiger partial charge in [-0.05, 0) is 12.5 Å². The number of hydrogen-bond donors (Lipinski definition) is 2. The monoisotopic (exact) mass is 285 g/mol. The van der Waals surface area contributed by atoms with Crippen molar-refractivity contribution >= 4 is 28.9 Å². The van der Waals surface area contributed by atoms with E-state index >= 15 is 0 Å². The highest BCUT2D eigenvalue weighted by Crippen LogP contribution is 2.26. The summed E-state index contributed by atoms with van der Waals surface area (Å²) in [7, 11) is 0. The summed E-state index contributed by atoms with van der Waals surface area (Å²) >= 11 is 5.88. The van der Waals surface area contributed by atoms with Crippen LogP contribution in [-0.4, -0.2) is 16.9 Å². The average molecular weight is 286 g/mol. The van der Waals surface area contributed by atoms with Gasteiger partial charge in [0.1, 0.15) is 0 Å². The number of nitrogens with one attached hydrogen (secondary N) is 1. The summed E-state index contributed by atoms with van der Waals surface area (Å²) in [5.74, 6) is -0.393. The van der Waals surface area contributed by atoms with Gasteiger partial charge in [-0.2, -0.15) is 0 Å². The SMILES string of the molecule is CCCC[C@H](N)C(=O)Nc1cc([N+](=O)[O-])ccc1Cl. The first-order valence-electron chi connectivity index (χ1n) is 5.96. The van der Waals surface area contributed by atoms with Crippen molar-refractivity contribution in [3.63, 3.8) is 0 Å². The van der Waals surface area contributed by atoms with Gasteiger partial charge >= 0.3 is 0 Å². The van der Waals surface area contributed by atoms with Gasteiger partial charge in [-0.25, -0.2) is 0 Å². The molecule has 7 heteroatoms. The van der Waals surface area contributed by atoms with Crippen LogP contribution in [0.4, 0.5) is 11.4 Å². The number of halogens is 1. The van der Waals surface area contributed by atoms with Gasteiger partial charge in [-0.3, -0.25) is 14.9 Å². The molecular formula is C12H16ClN3O3. The first-order chi connectivity index (χ1) is 8.95. The van der Waals surface area contributed by atoms with Crippen LogP contribution in [-0.2, 0) is 4.79 Å². The van der Waals surface area contributed by atoms with Gasteiger partial charge in [0.05, 0.1) is 21.7 Å². The number of anilines is 1. The molecule has 0 spiro atoms. The predicted octanol–water partition coefficient (Wildman–Crippen LogP) is 2.70. The lowest BCUT2D eigenvalue weighted by atomic mass is 10.1. The Morgan fingerprint density at radius 2 is 2.26 bits per heavy atom. The lowest BCUT2D eigenvalue weighted by Crippen LogP contribution is -2.35. The Morgan fingerprint density at radius 1 is 1.58 bits per heavy atom. The van der Waals surface area contributed by atoms with Crippen molar-refractivity contribution in [2.24, 2.45) is 5.73 Å². The first kappa shape index (κ1) is 15.4. The van der Waals surface area contributed by atoms with Crippen molar-refractivity contribution in [3.8, 4) is 0 Å². The molecule has 0 unspecified atom stereocenters. The quantitative estimate of drug-likeness (QED) is 0.620. The zero-order valence-electron chi connectivity index (χ0n) is 10.6. The Hall–Kier alpha value is -1.66. The highest BCUT2D eigenvalue weighted by molar-refractivity contribution is 6.33. The molecule has 0 aliphatic heterocycles. The van der Waals surface area contributed by atoms with Crippen molar-refractivity contribution in [3.05, 3.63) is 33.3 Å². The van der Waals surface area contributed by atoms with Crippen molar-refractivity contribution in [2.75, 3.05) is 5.32 Å². The number of nitro groups is 1. The highest BCUT2D eigenvalue weighted by atomic mass is 35.5. The summed E-state index contributed by atoms with van der Waals surface area (Å²) in [5, 5.41) is 13.4. The number of carbonyl (C=O) groups is 1. The Morgan fingerprint density at radius 3 is 2.84 bits per heavy atom. The largest absolute Gasteiger partial charge is 0.323 e. The second kappa shape index (κ2) is 7.06. The van der Waals surface area contributed by atoms with Crippen LogP contribution < -0.4 is 11.1 Å². The van der Waals surface area contributed by atoms with Crippen LogP contribution in [0.25, 0.3) is 0 Å². The van der Waals surface area contributed by atoms with Crippen LogP contribution in [0.5, 0.6) is 0 Å². The molecule has 1 rings (SSSR count). The second-order valence-corrected chi connectivity index (χ2v) is 4.57. The molecule has 0 radical (unpaired) electrons. The number of benzene rings is 1. The van der Waals surface area contributed by atoms with Crippen molar-refractivity contribution in [1.82, 2.24) is 0 Å². The normalized spacial score (nSPS) is 11.9. The summed E-state index contributed by atoms with van der Waals surface area (Å²) in [5.41, 5.74) is 5.77. The lowest BCUT2D eigenvalue weighted by molar-refractivity contribution is -0.384. The van der Waals surface area contributed by atoms with E-state index in [0.717, 1.165) is 12.8 Å². The van der Waals surface area contributed by atoms with E-state index in [-0.39, 0.29) is 16.4 Å². The standard InChI is InChI=1S/C12H16ClN3O3/c1-2-3-4-10(14)12(17)15-11-7-8(16(18)19)5-6-9(11)13/h5-7,10H,2-4,14H2,1H3,(H,15,17)/t10-/m0/s1. The summed E-state index contributed by atoms with van der Waals surface area (Å²) in [6.45, 7) is 2.00. The highest BCUT2D eigenvalue weighted by Gasteiger charge is 2.16. The molecule has 0 aromatic heterocycles. The van der Waals surface area contributed by atoms with Gasteiger partial charge in [-0.15, -0.1) is 0 Å². The van der Waals surface area contributed by atoms with E-state index < -0.39 is 16.9 Å². The number of rotatable bonds is 6. The van der Waals surface area contributed by atoms with Gasteiger partial charge < -0.3 is 11.1 Å². The van der Waals surface area contributed by atoms with Crippen molar-refractivity contribution < 1.29 is 9.72 Å². The molecule has 0 saturated heterocycles. The van der Waals surface area contributed by atoms with Crippen molar-refractivity contribution in [1.29, 1.82) is 0 Å². The van der Waals surface area contributed by atoms with Crippen LogP contribution in [0.1, 0.15) is 26.2 Å².